The lowest BCUT2D eigenvalue weighted by Crippen LogP contribution is -2.04. The molecule has 8 heteroatoms. The molecule has 112 valence electrons. The van der Waals surface area contributed by atoms with Crippen LogP contribution < -0.4 is 9.47 Å². The molecule has 0 bridgehead atoms. The summed E-state index contributed by atoms with van der Waals surface area (Å²) >= 11 is 6.10. The number of aromatic nitrogens is 2. The third kappa shape index (κ3) is 3.08. The molecule has 0 unspecified atom stereocenters. The first kappa shape index (κ1) is 15.1. The Morgan fingerprint density at radius 2 is 2.10 bits per heavy atom. The van der Waals surface area contributed by atoms with E-state index in [1.54, 1.807) is 19.1 Å². The number of methoxy groups -OCH3 is 2. The molecule has 21 heavy (non-hydrogen) atoms. The Kier molecular flexibility index (Phi) is 4.64. The number of hydrogen-bond donors (Lipinski definition) is 0. The lowest BCUT2D eigenvalue weighted by atomic mass is 10.2. The molecule has 0 amide bonds. The summed E-state index contributed by atoms with van der Waals surface area (Å²) in [6, 6.07) is 3.22. The van der Waals surface area contributed by atoms with E-state index in [2.05, 4.69) is 10.1 Å². The van der Waals surface area contributed by atoms with Gasteiger partial charge in [-0.15, -0.1) is 0 Å². The minimum atomic E-state index is -0.678. The van der Waals surface area contributed by atoms with Crippen molar-refractivity contribution in [1.82, 2.24) is 10.1 Å². The highest BCUT2D eigenvalue weighted by molar-refractivity contribution is 6.32. The van der Waals surface area contributed by atoms with Gasteiger partial charge in [-0.2, -0.15) is 4.98 Å². The van der Waals surface area contributed by atoms with Crippen molar-refractivity contribution in [3.8, 4) is 22.9 Å². The summed E-state index contributed by atoms with van der Waals surface area (Å²) < 4.78 is 20.0. The van der Waals surface area contributed by atoms with Gasteiger partial charge in [-0.1, -0.05) is 16.8 Å². The third-order valence-corrected chi connectivity index (χ3v) is 2.85. The fraction of sp³-hybridized carbons (Fsp3) is 0.308. The molecule has 0 spiro atoms. The fourth-order valence-electron chi connectivity index (χ4n) is 1.66. The van der Waals surface area contributed by atoms with Gasteiger partial charge in [0, 0.05) is 5.56 Å². The zero-order valence-electron chi connectivity index (χ0n) is 11.7. The van der Waals surface area contributed by atoms with Crippen LogP contribution in [0.5, 0.6) is 11.5 Å². The Morgan fingerprint density at radius 1 is 1.33 bits per heavy atom. The van der Waals surface area contributed by atoms with Crippen molar-refractivity contribution in [3.05, 3.63) is 23.0 Å². The number of benzene rings is 1. The van der Waals surface area contributed by atoms with E-state index in [4.69, 9.17) is 30.3 Å². The second-order valence-corrected chi connectivity index (χ2v) is 4.24. The Hall–Kier alpha value is -2.28. The Labute approximate surface area is 125 Å². The number of hydrogen-bond acceptors (Lipinski definition) is 7. The number of ether oxygens (including phenoxy) is 3. The van der Waals surface area contributed by atoms with Gasteiger partial charge < -0.3 is 18.7 Å². The largest absolute Gasteiger partial charge is 0.493 e. The molecule has 0 saturated heterocycles. The van der Waals surface area contributed by atoms with Gasteiger partial charge in [0.15, 0.2) is 11.5 Å². The van der Waals surface area contributed by atoms with Crippen LogP contribution in [0.15, 0.2) is 16.7 Å². The van der Waals surface area contributed by atoms with Crippen LogP contribution in [0.3, 0.4) is 0 Å². The van der Waals surface area contributed by atoms with E-state index in [1.165, 1.54) is 14.2 Å². The monoisotopic (exact) mass is 312 g/mol. The van der Waals surface area contributed by atoms with E-state index >= 15 is 0 Å². The molecule has 7 nitrogen and oxygen atoms in total. The first-order valence-electron chi connectivity index (χ1n) is 6.03. The highest BCUT2D eigenvalue weighted by Gasteiger charge is 2.19. The summed E-state index contributed by atoms with van der Waals surface area (Å²) in [5, 5.41) is 4.05. The second kappa shape index (κ2) is 6.45. The van der Waals surface area contributed by atoms with E-state index in [0.717, 1.165) is 0 Å². The second-order valence-electron chi connectivity index (χ2n) is 3.84. The van der Waals surface area contributed by atoms with E-state index in [1.807, 2.05) is 0 Å². The SMILES string of the molecule is CCOC(=O)c1nc(-c2cc(Cl)c(OC)c(OC)c2)no1. The van der Waals surface area contributed by atoms with Gasteiger partial charge in [-0.05, 0) is 19.1 Å². The van der Waals surface area contributed by atoms with Crippen molar-refractivity contribution in [1.29, 1.82) is 0 Å². The average molecular weight is 313 g/mol. The summed E-state index contributed by atoms with van der Waals surface area (Å²) in [6.07, 6.45) is 0. The van der Waals surface area contributed by atoms with Crippen LogP contribution in [0, 0.1) is 0 Å². The van der Waals surface area contributed by atoms with Crippen molar-refractivity contribution in [3.63, 3.8) is 0 Å². The van der Waals surface area contributed by atoms with Crippen LogP contribution in [0.1, 0.15) is 17.6 Å². The van der Waals surface area contributed by atoms with Gasteiger partial charge >= 0.3 is 11.9 Å². The van der Waals surface area contributed by atoms with Gasteiger partial charge in [0.2, 0.25) is 5.82 Å². The third-order valence-electron chi connectivity index (χ3n) is 2.57. The molecule has 1 aromatic carbocycles. The maximum absolute atomic E-state index is 11.5. The summed E-state index contributed by atoms with van der Waals surface area (Å²) in [7, 11) is 2.97. The minimum absolute atomic E-state index is 0.195. The highest BCUT2D eigenvalue weighted by Crippen LogP contribution is 2.38. The van der Waals surface area contributed by atoms with E-state index in [9.17, 15) is 4.79 Å². The van der Waals surface area contributed by atoms with E-state index in [-0.39, 0.29) is 18.3 Å². The van der Waals surface area contributed by atoms with Gasteiger partial charge in [0.05, 0.1) is 25.8 Å². The molecule has 0 atom stereocenters. The van der Waals surface area contributed by atoms with Gasteiger partial charge in [-0.3, -0.25) is 0 Å². The molecule has 0 saturated carbocycles. The quantitative estimate of drug-likeness (QED) is 0.784. The molecule has 0 aliphatic carbocycles. The Bertz CT molecular complexity index is 656. The van der Waals surface area contributed by atoms with Crippen LogP contribution in [0.4, 0.5) is 0 Å². The van der Waals surface area contributed by atoms with Crippen molar-refractivity contribution < 1.29 is 23.5 Å². The molecular weight excluding hydrogens is 300 g/mol. The maximum Gasteiger partial charge on any atom is 0.397 e. The van der Waals surface area contributed by atoms with Crippen LogP contribution in [-0.2, 0) is 4.74 Å². The van der Waals surface area contributed by atoms with Crippen LogP contribution >= 0.6 is 11.6 Å². The molecule has 0 N–H and O–H groups in total. The van der Waals surface area contributed by atoms with E-state index < -0.39 is 5.97 Å². The number of carbonyl (C=O) groups is 1. The predicted molar refractivity (Wildman–Crippen MR) is 73.8 cm³/mol. The zero-order chi connectivity index (χ0) is 15.4. The lowest BCUT2D eigenvalue weighted by Gasteiger charge is -2.10. The molecule has 0 aliphatic rings. The predicted octanol–water partition coefficient (Wildman–Crippen LogP) is 2.58. The molecular formula is C13H13ClN2O5. The number of nitrogens with zero attached hydrogens (tertiary/aromatic N) is 2. The van der Waals surface area contributed by atoms with Crippen LogP contribution in [0.25, 0.3) is 11.4 Å². The van der Waals surface area contributed by atoms with Crippen molar-refractivity contribution >= 4 is 17.6 Å². The standard InChI is InChI=1S/C13H13ClN2O5/c1-4-20-13(17)12-15-11(16-21-12)7-5-8(14)10(19-3)9(6-7)18-2/h5-6H,4H2,1-3H3. The van der Waals surface area contributed by atoms with Crippen molar-refractivity contribution in [2.75, 3.05) is 20.8 Å². The van der Waals surface area contributed by atoms with Crippen molar-refractivity contribution in [2.24, 2.45) is 0 Å². The summed E-state index contributed by atoms with van der Waals surface area (Å²) in [4.78, 5) is 15.5. The smallest absolute Gasteiger partial charge is 0.397 e. The van der Waals surface area contributed by atoms with Crippen LogP contribution in [-0.4, -0.2) is 36.9 Å². The lowest BCUT2D eigenvalue weighted by molar-refractivity contribution is 0.0470. The summed E-state index contributed by atoms with van der Waals surface area (Å²) in [5.74, 6) is 0.112. The molecule has 0 aliphatic heterocycles. The van der Waals surface area contributed by atoms with Crippen molar-refractivity contribution in [2.45, 2.75) is 6.92 Å². The summed E-state index contributed by atoms with van der Waals surface area (Å²) in [5.41, 5.74) is 0.525. The highest BCUT2D eigenvalue weighted by atomic mass is 35.5. The first-order valence-corrected chi connectivity index (χ1v) is 6.41. The molecule has 1 aromatic heterocycles. The molecule has 0 fully saturated rings. The number of carbonyl (C=O) groups excluding carboxylic acids is 1. The molecule has 1 heterocycles. The van der Waals surface area contributed by atoms with Gasteiger partial charge in [0.1, 0.15) is 0 Å². The van der Waals surface area contributed by atoms with E-state index in [0.29, 0.717) is 22.1 Å². The molecule has 2 rings (SSSR count). The average Bonchev–Trinajstić information content (AvgIpc) is 2.96. The number of halogens is 1. The number of esters is 1. The molecule has 2 aromatic rings. The minimum Gasteiger partial charge on any atom is -0.493 e. The maximum atomic E-state index is 11.5. The molecule has 0 radical (unpaired) electrons. The Balaban J connectivity index is 2.39. The normalized spacial score (nSPS) is 10.3. The Morgan fingerprint density at radius 3 is 2.71 bits per heavy atom. The van der Waals surface area contributed by atoms with Crippen LogP contribution in [0.2, 0.25) is 5.02 Å². The fourth-order valence-corrected chi connectivity index (χ4v) is 1.95. The number of rotatable bonds is 5. The summed E-state index contributed by atoms with van der Waals surface area (Å²) in [6.45, 7) is 1.90. The topological polar surface area (TPSA) is 83.7 Å². The van der Waals surface area contributed by atoms with Gasteiger partial charge in [0.25, 0.3) is 0 Å². The zero-order valence-corrected chi connectivity index (χ0v) is 12.4. The first-order chi connectivity index (χ1) is 10.1. The van der Waals surface area contributed by atoms with Gasteiger partial charge in [-0.25, -0.2) is 4.79 Å².